The van der Waals surface area contributed by atoms with Crippen molar-refractivity contribution in [3.63, 3.8) is 0 Å². The van der Waals surface area contributed by atoms with Crippen LogP contribution in [0.3, 0.4) is 0 Å². The average Bonchev–Trinajstić information content (AvgIpc) is 2.81. The molecule has 4 rings (SSSR count). The van der Waals surface area contributed by atoms with Crippen molar-refractivity contribution >= 4 is 49.3 Å². The Morgan fingerprint density at radius 1 is 0.517 bits per heavy atom. The van der Waals surface area contributed by atoms with Crippen molar-refractivity contribution in [1.82, 2.24) is 0 Å². The molecule has 0 N–H and O–H groups in total. The molecule has 0 fully saturated rings. The van der Waals surface area contributed by atoms with Crippen LogP contribution in [-0.2, 0) is 11.9 Å². The Hall–Kier alpha value is -1.86. The molecule has 0 atom stereocenters. The SMILES string of the molecule is SCc1ccc(CP(Br)(c2ccccc2)(c2ccccc2)c2ccccc2)cc1. The molecule has 0 spiro atoms. The van der Waals surface area contributed by atoms with E-state index in [9.17, 15) is 0 Å². The van der Waals surface area contributed by atoms with Crippen LogP contribution in [0, 0.1) is 0 Å². The summed E-state index contributed by atoms with van der Waals surface area (Å²) in [7, 11) is 0. The van der Waals surface area contributed by atoms with E-state index in [-0.39, 0.29) is 0 Å². The van der Waals surface area contributed by atoms with Crippen molar-refractivity contribution in [3.05, 3.63) is 126 Å². The fourth-order valence-corrected chi connectivity index (χ4v) is 12.0. The number of benzene rings is 4. The van der Waals surface area contributed by atoms with Crippen LogP contribution in [0.1, 0.15) is 11.1 Å². The molecule has 146 valence electrons. The molecule has 0 bridgehead atoms. The van der Waals surface area contributed by atoms with E-state index >= 15 is 0 Å². The number of hydrogen-bond donors (Lipinski definition) is 1. The Morgan fingerprint density at radius 2 is 0.862 bits per heavy atom. The standard InChI is InChI=1S/C26H24BrPS/c27-28(24-10-4-1-5-11-24,25-12-6-2-7-13-25,26-14-8-3-9-15-26)20-22-16-18-23(21-29)19-17-22/h1-19,29H,20-21H2. The van der Waals surface area contributed by atoms with E-state index in [1.165, 1.54) is 27.0 Å². The van der Waals surface area contributed by atoms with E-state index in [0.717, 1.165) is 11.9 Å². The predicted octanol–water partition coefficient (Wildman–Crippen LogP) is 6.46. The van der Waals surface area contributed by atoms with Crippen molar-refractivity contribution in [3.8, 4) is 0 Å². The third-order valence-corrected chi connectivity index (χ3v) is 15.5. The zero-order valence-electron chi connectivity index (χ0n) is 16.2. The summed E-state index contributed by atoms with van der Waals surface area (Å²) in [6.07, 6.45) is 0.913. The van der Waals surface area contributed by atoms with Crippen molar-refractivity contribution in [2.75, 3.05) is 0 Å². The van der Waals surface area contributed by atoms with Crippen LogP contribution in [0.25, 0.3) is 0 Å². The van der Waals surface area contributed by atoms with Crippen LogP contribution in [0.15, 0.2) is 115 Å². The minimum absolute atomic E-state index is 0.758. The Balaban J connectivity index is 2.03. The quantitative estimate of drug-likeness (QED) is 0.238. The topological polar surface area (TPSA) is 0 Å². The van der Waals surface area contributed by atoms with Crippen LogP contribution in [-0.4, -0.2) is 0 Å². The molecule has 0 saturated heterocycles. The van der Waals surface area contributed by atoms with Gasteiger partial charge in [0.25, 0.3) is 0 Å². The third kappa shape index (κ3) is 3.70. The second-order valence-corrected chi connectivity index (χ2v) is 16.6. The van der Waals surface area contributed by atoms with Crippen LogP contribution < -0.4 is 15.9 Å². The summed E-state index contributed by atoms with van der Waals surface area (Å²) < 4.78 is 0. The zero-order chi connectivity index (χ0) is 20.2. The van der Waals surface area contributed by atoms with Crippen molar-refractivity contribution in [2.45, 2.75) is 11.9 Å². The van der Waals surface area contributed by atoms with Crippen molar-refractivity contribution < 1.29 is 0 Å². The molecule has 4 aromatic rings. The zero-order valence-corrected chi connectivity index (χ0v) is 19.5. The molecular weight excluding hydrogens is 455 g/mol. The predicted molar refractivity (Wildman–Crippen MR) is 137 cm³/mol. The Kier molecular flexibility index (Phi) is 5.97. The van der Waals surface area contributed by atoms with E-state index in [2.05, 4.69) is 143 Å². The second-order valence-electron chi connectivity index (χ2n) is 7.32. The molecule has 0 heterocycles. The first-order valence-corrected chi connectivity index (χ1v) is 14.8. The van der Waals surface area contributed by atoms with Gasteiger partial charge in [-0.3, -0.25) is 0 Å². The summed E-state index contributed by atoms with van der Waals surface area (Å²) in [4.78, 5) is 0. The Morgan fingerprint density at radius 3 is 1.21 bits per heavy atom. The van der Waals surface area contributed by atoms with Crippen LogP contribution in [0.4, 0.5) is 0 Å². The summed E-state index contributed by atoms with van der Waals surface area (Å²) in [6.45, 7) is 0. The maximum absolute atomic E-state index is 4.51. The summed E-state index contributed by atoms with van der Waals surface area (Å²) in [5.41, 5.74) is 2.56. The molecule has 3 heteroatoms. The molecule has 0 nitrogen and oxygen atoms in total. The molecule has 0 aliphatic heterocycles. The van der Waals surface area contributed by atoms with Gasteiger partial charge in [-0.25, -0.2) is 0 Å². The molecular formula is C26H24BrPS. The molecule has 0 unspecified atom stereocenters. The second kappa shape index (κ2) is 8.48. The van der Waals surface area contributed by atoms with Gasteiger partial charge in [-0.1, -0.05) is 0 Å². The van der Waals surface area contributed by atoms with E-state index in [0.29, 0.717) is 0 Å². The van der Waals surface area contributed by atoms with Gasteiger partial charge in [0.1, 0.15) is 0 Å². The molecule has 0 amide bonds. The first-order chi connectivity index (χ1) is 14.1. The van der Waals surface area contributed by atoms with E-state index < -0.39 is 5.31 Å². The van der Waals surface area contributed by atoms with Crippen LogP contribution in [0.5, 0.6) is 0 Å². The third-order valence-electron chi connectivity index (χ3n) is 5.57. The van der Waals surface area contributed by atoms with Gasteiger partial charge in [-0.05, 0) is 0 Å². The molecule has 4 aromatic carbocycles. The van der Waals surface area contributed by atoms with E-state index in [1.807, 2.05) is 0 Å². The van der Waals surface area contributed by atoms with E-state index in [1.54, 1.807) is 0 Å². The van der Waals surface area contributed by atoms with Gasteiger partial charge in [0.05, 0.1) is 0 Å². The first-order valence-electron chi connectivity index (χ1n) is 9.73. The number of hydrogen-bond acceptors (Lipinski definition) is 1. The molecule has 0 radical (unpaired) electrons. The van der Waals surface area contributed by atoms with Gasteiger partial charge in [0.2, 0.25) is 0 Å². The summed E-state index contributed by atoms with van der Waals surface area (Å²) in [5.74, 6) is 0.758. The molecule has 0 aliphatic carbocycles. The minimum atomic E-state index is -2.91. The molecule has 0 saturated carbocycles. The number of thiol groups is 1. The normalized spacial score (nSPS) is 12.8. The monoisotopic (exact) mass is 478 g/mol. The maximum atomic E-state index is 4.51. The van der Waals surface area contributed by atoms with Crippen LogP contribution in [0.2, 0.25) is 0 Å². The first kappa shape index (κ1) is 20.4. The Bertz CT molecular complexity index is 965. The van der Waals surface area contributed by atoms with Crippen molar-refractivity contribution in [2.24, 2.45) is 0 Å². The van der Waals surface area contributed by atoms with Crippen molar-refractivity contribution in [1.29, 1.82) is 0 Å². The average molecular weight is 479 g/mol. The van der Waals surface area contributed by atoms with Gasteiger partial charge < -0.3 is 0 Å². The number of rotatable bonds is 6. The van der Waals surface area contributed by atoms with Gasteiger partial charge in [-0.2, -0.15) is 0 Å². The molecule has 29 heavy (non-hydrogen) atoms. The number of halogens is 1. The van der Waals surface area contributed by atoms with E-state index in [4.69, 9.17) is 0 Å². The van der Waals surface area contributed by atoms with Gasteiger partial charge >= 0.3 is 188 Å². The fraction of sp³-hybridized carbons (Fsp3) is 0.0769. The fourth-order valence-electron chi connectivity index (χ4n) is 4.03. The molecule has 0 aliphatic rings. The van der Waals surface area contributed by atoms with Crippen LogP contribution >= 0.6 is 33.4 Å². The summed E-state index contributed by atoms with van der Waals surface area (Å²) in [5, 5.41) is 1.11. The molecule has 0 aromatic heterocycles. The van der Waals surface area contributed by atoms with Gasteiger partial charge in [0, 0.05) is 0 Å². The summed E-state index contributed by atoms with van der Waals surface area (Å²) in [6, 6.07) is 41.7. The summed E-state index contributed by atoms with van der Waals surface area (Å²) >= 11 is 8.92. The van der Waals surface area contributed by atoms with Gasteiger partial charge in [-0.15, -0.1) is 0 Å². The Labute approximate surface area is 187 Å². The van der Waals surface area contributed by atoms with Gasteiger partial charge in [0.15, 0.2) is 0 Å².